The fourth-order valence-corrected chi connectivity index (χ4v) is 3.63. The van der Waals surface area contributed by atoms with Crippen LogP contribution in [0.1, 0.15) is 41.6 Å². The van der Waals surface area contributed by atoms with Crippen LogP contribution < -0.4 is 14.2 Å². The Morgan fingerprint density at radius 3 is 1.85 bits per heavy atom. The van der Waals surface area contributed by atoms with Crippen LogP contribution in [-0.2, 0) is 0 Å². The Morgan fingerprint density at radius 1 is 0.647 bits per heavy atom. The highest BCUT2D eigenvalue weighted by molar-refractivity contribution is 9.09. The first kappa shape index (κ1) is 25.6. The van der Waals surface area contributed by atoms with Crippen molar-refractivity contribution >= 4 is 27.8 Å². The molecule has 0 aliphatic heterocycles. The fraction of sp³-hybridized carbons (Fsp3) is 0.276. The molecule has 5 heteroatoms. The molecule has 178 valence electrons. The van der Waals surface area contributed by atoms with Gasteiger partial charge < -0.3 is 14.2 Å². The number of carbonyl (C=O) groups excluding carboxylic acids is 1. The number of ether oxygens (including phenoxy) is 3. The Morgan fingerprint density at radius 2 is 1.21 bits per heavy atom. The van der Waals surface area contributed by atoms with Gasteiger partial charge in [0.1, 0.15) is 30.5 Å². The van der Waals surface area contributed by atoms with Crippen molar-refractivity contribution in [2.24, 2.45) is 0 Å². The number of unbranched alkanes of at least 4 members (excludes halogenated alkanes) is 3. The minimum atomic E-state index is -0.0419. The van der Waals surface area contributed by atoms with Crippen molar-refractivity contribution in [2.45, 2.75) is 25.7 Å². The lowest BCUT2D eigenvalue weighted by atomic mass is 10.1. The average molecular weight is 523 g/mol. The Kier molecular flexibility index (Phi) is 11.3. The highest BCUT2D eigenvalue weighted by atomic mass is 79.9. The van der Waals surface area contributed by atoms with Gasteiger partial charge in [-0.15, -0.1) is 0 Å². The monoisotopic (exact) mass is 522 g/mol. The lowest BCUT2D eigenvalue weighted by molar-refractivity contribution is 0.104. The predicted molar refractivity (Wildman–Crippen MR) is 141 cm³/mol. The van der Waals surface area contributed by atoms with Crippen molar-refractivity contribution in [3.8, 4) is 17.2 Å². The Bertz CT molecular complexity index is 999. The van der Waals surface area contributed by atoms with Crippen molar-refractivity contribution in [3.63, 3.8) is 0 Å². The molecule has 0 heterocycles. The van der Waals surface area contributed by atoms with Gasteiger partial charge in [-0.3, -0.25) is 4.79 Å². The van der Waals surface area contributed by atoms with Gasteiger partial charge in [0.05, 0.1) is 6.61 Å². The van der Waals surface area contributed by atoms with Gasteiger partial charge >= 0.3 is 0 Å². The van der Waals surface area contributed by atoms with Crippen molar-refractivity contribution < 1.29 is 19.0 Å². The number of ketones is 1. The summed E-state index contributed by atoms with van der Waals surface area (Å²) in [7, 11) is 0. The number of halogens is 1. The fourth-order valence-electron chi connectivity index (χ4n) is 3.23. The van der Waals surface area contributed by atoms with Crippen molar-refractivity contribution in [1.82, 2.24) is 0 Å². The SMILES string of the molecule is O=C(C=Cc1ccc(OCCOc2ccccc2)cc1)c1ccc(OCCCCCCBr)cc1. The molecule has 0 spiro atoms. The number of hydrogen-bond donors (Lipinski definition) is 0. The molecule has 0 saturated carbocycles. The summed E-state index contributed by atoms with van der Waals surface area (Å²) in [5.74, 6) is 2.35. The van der Waals surface area contributed by atoms with Crippen LogP contribution in [0, 0.1) is 0 Å². The quantitative estimate of drug-likeness (QED) is 0.0903. The van der Waals surface area contributed by atoms with Crippen LogP contribution in [-0.4, -0.2) is 30.9 Å². The molecule has 0 bridgehead atoms. The minimum Gasteiger partial charge on any atom is -0.494 e. The number of carbonyl (C=O) groups is 1. The molecule has 0 aliphatic rings. The van der Waals surface area contributed by atoms with E-state index in [0.29, 0.717) is 25.4 Å². The maximum Gasteiger partial charge on any atom is 0.185 e. The third kappa shape index (κ3) is 9.44. The van der Waals surface area contributed by atoms with E-state index in [1.165, 1.54) is 19.3 Å². The molecule has 3 rings (SSSR count). The van der Waals surface area contributed by atoms with Gasteiger partial charge in [-0.05, 0) is 73.0 Å². The topological polar surface area (TPSA) is 44.8 Å². The summed E-state index contributed by atoms with van der Waals surface area (Å²) >= 11 is 3.44. The molecular formula is C29H31BrO4. The standard InChI is InChI=1S/C29H31BrO4/c30-20-6-1-2-7-21-32-28-17-13-25(14-18-28)29(31)19-12-24-10-15-27(16-11-24)34-23-22-33-26-8-4-3-5-9-26/h3-5,8-19H,1-2,6-7,20-23H2. The van der Waals surface area contributed by atoms with E-state index in [1.54, 1.807) is 18.2 Å². The Labute approximate surface area is 210 Å². The van der Waals surface area contributed by atoms with Crippen molar-refractivity contribution in [1.29, 1.82) is 0 Å². The molecule has 0 aliphatic carbocycles. The van der Waals surface area contributed by atoms with Crippen LogP contribution in [0.4, 0.5) is 0 Å². The van der Waals surface area contributed by atoms with Gasteiger partial charge in [0, 0.05) is 10.9 Å². The summed E-state index contributed by atoms with van der Waals surface area (Å²) in [4.78, 5) is 12.5. The molecule has 0 fully saturated rings. The second-order valence-electron chi connectivity index (χ2n) is 7.75. The molecule has 4 nitrogen and oxygen atoms in total. The average Bonchev–Trinajstić information content (AvgIpc) is 2.89. The highest BCUT2D eigenvalue weighted by Crippen LogP contribution is 2.16. The molecule has 0 atom stereocenters. The number of para-hydroxylation sites is 1. The number of rotatable bonds is 15. The summed E-state index contributed by atoms with van der Waals surface area (Å²) in [6, 6.07) is 24.6. The van der Waals surface area contributed by atoms with Crippen LogP contribution >= 0.6 is 15.9 Å². The smallest absolute Gasteiger partial charge is 0.185 e. The van der Waals surface area contributed by atoms with Crippen LogP contribution in [0.2, 0.25) is 0 Å². The van der Waals surface area contributed by atoms with Crippen molar-refractivity contribution in [3.05, 3.63) is 96.1 Å². The van der Waals surface area contributed by atoms with E-state index in [9.17, 15) is 4.79 Å². The summed E-state index contributed by atoms with van der Waals surface area (Å²) in [5.41, 5.74) is 1.57. The zero-order valence-electron chi connectivity index (χ0n) is 19.3. The minimum absolute atomic E-state index is 0.0419. The molecule has 3 aromatic carbocycles. The van der Waals surface area contributed by atoms with E-state index in [2.05, 4.69) is 15.9 Å². The summed E-state index contributed by atoms with van der Waals surface area (Å²) in [5, 5.41) is 1.06. The molecule has 0 radical (unpaired) electrons. The maximum absolute atomic E-state index is 12.5. The molecule has 3 aromatic rings. The van der Waals surface area contributed by atoms with Gasteiger partial charge in [-0.25, -0.2) is 0 Å². The summed E-state index contributed by atoms with van der Waals surface area (Å²) in [6.45, 7) is 1.63. The number of benzene rings is 3. The van der Waals surface area contributed by atoms with Crippen LogP contribution in [0.3, 0.4) is 0 Å². The third-order valence-electron chi connectivity index (χ3n) is 5.11. The molecule has 0 aromatic heterocycles. The normalized spacial score (nSPS) is 10.9. The highest BCUT2D eigenvalue weighted by Gasteiger charge is 2.03. The molecule has 34 heavy (non-hydrogen) atoms. The van der Waals surface area contributed by atoms with Crippen LogP contribution in [0.5, 0.6) is 17.2 Å². The number of allylic oxidation sites excluding steroid dienone is 1. The van der Waals surface area contributed by atoms with Crippen molar-refractivity contribution in [2.75, 3.05) is 25.2 Å². The predicted octanol–water partition coefficient (Wildman–Crippen LogP) is 7.37. The zero-order chi connectivity index (χ0) is 23.8. The van der Waals surface area contributed by atoms with E-state index < -0.39 is 0 Å². The van der Waals surface area contributed by atoms with Gasteiger partial charge in [-0.2, -0.15) is 0 Å². The number of alkyl halides is 1. The van der Waals surface area contributed by atoms with E-state index in [-0.39, 0.29) is 5.78 Å². The van der Waals surface area contributed by atoms with Gasteiger partial charge in [0.25, 0.3) is 0 Å². The second-order valence-corrected chi connectivity index (χ2v) is 8.55. The van der Waals surface area contributed by atoms with E-state index in [0.717, 1.165) is 34.6 Å². The summed E-state index contributed by atoms with van der Waals surface area (Å²) in [6.07, 6.45) is 8.02. The zero-order valence-corrected chi connectivity index (χ0v) is 20.9. The van der Waals surface area contributed by atoms with E-state index in [1.807, 2.05) is 72.8 Å². The van der Waals surface area contributed by atoms with Gasteiger partial charge in [-0.1, -0.05) is 65.2 Å². The van der Waals surface area contributed by atoms with Crippen LogP contribution in [0.25, 0.3) is 6.08 Å². The lowest BCUT2D eigenvalue weighted by Crippen LogP contribution is -2.08. The van der Waals surface area contributed by atoms with Gasteiger partial charge in [0.2, 0.25) is 0 Å². The number of hydrogen-bond acceptors (Lipinski definition) is 4. The van der Waals surface area contributed by atoms with Gasteiger partial charge in [0.15, 0.2) is 5.78 Å². The van der Waals surface area contributed by atoms with Crippen LogP contribution in [0.15, 0.2) is 84.9 Å². The lowest BCUT2D eigenvalue weighted by Gasteiger charge is -2.08. The second kappa shape index (κ2) is 15.0. The molecule has 0 N–H and O–H groups in total. The first-order chi connectivity index (χ1) is 16.7. The largest absolute Gasteiger partial charge is 0.494 e. The molecule has 0 amide bonds. The van der Waals surface area contributed by atoms with E-state index in [4.69, 9.17) is 14.2 Å². The molecular weight excluding hydrogens is 492 g/mol. The molecule has 0 saturated heterocycles. The first-order valence-corrected chi connectivity index (χ1v) is 12.8. The van der Waals surface area contributed by atoms with E-state index >= 15 is 0 Å². The Balaban J connectivity index is 1.38. The third-order valence-corrected chi connectivity index (χ3v) is 5.67. The molecule has 0 unspecified atom stereocenters. The first-order valence-electron chi connectivity index (χ1n) is 11.7. The Hall–Kier alpha value is -3.05. The maximum atomic E-state index is 12.5. The summed E-state index contributed by atoms with van der Waals surface area (Å²) < 4.78 is 17.1.